The van der Waals surface area contributed by atoms with Crippen molar-refractivity contribution >= 4 is 22.4 Å². The third-order valence-corrected chi connectivity index (χ3v) is 3.23. The lowest BCUT2D eigenvalue weighted by Crippen LogP contribution is -2.13. The van der Waals surface area contributed by atoms with E-state index in [0.29, 0.717) is 5.52 Å². The molecule has 0 fully saturated rings. The SMILES string of the molecule is CCOC(=O)c1c(=O)on2c1ccc1cccc(C)c12. The fourth-order valence-electron chi connectivity index (χ4n) is 2.35. The largest absolute Gasteiger partial charge is 0.462 e. The number of carbonyl (C=O) groups excluding carboxylic acids is 1. The molecule has 0 atom stereocenters. The van der Waals surface area contributed by atoms with Crippen molar-refractivity contribution in [2.45, 2.75) is 13.8 Å². The Morgan fingerprint density at radius 2 is 2.10 bits per heavy atom. The van der Waals surface area contributed by atoms with Crippen molar-refractivity contribution in [3.63, 3.8) is 0 Å². The van der Waals surface area contributed by atoms with Crippen LogP contribution in [0.5, 0.6) is 0 Å². The molecular weight excluding hydrogens is 258 g/mol. The molecule has 0 saturated carbocycles. The summed E-state index contributed by atoms with van der Waals surface area (Å²) in [5.41, 5.74) is 1.42. The number of esters is 1. The van der Waals surface area contributed by atoms with Crippen LogP contribution in [0.1, 0.15) is 22.8 Å². The third kappa shape index (κ3) is 1.71. The lowest BCUT2D eigenvalue weighted by atomic mass is 10.1. The third-order valence-electron chi connectivity index (χ3n) is 3.23. The van der Waals surface area contributed by atoms with Crippen molar-refractivity contribution in [1.82, 2.24) is 4.57 Å². The monoisotopic (exact) mass is 271 g/mol. The molecule has 0 aliphatic rings. The van der Waals surface area contributed by atoms with Gasteiger partial charge in [-0.2, -0.15) is 4.57 Å². The number of aryl methyl sites for hydroxylation is 1. The highest BCUT2D eigenvalue weighted by molar-refractivity contribution is 5.98. The number of hydrogen-bond acceptors (Lipinski definition) is 4. The number of carbonyl (C=O) groups is 1. The molecule has 2 heterocycles. The van der Waals surface area contributed by atoms with Crippen molar-refractivity contribution in [3.8, 4) is 0 Å². The first-order chi connectivity index (χ1) is 9.63. The minimum Gasteiger partial charge on any atom is -0.462 e. The van der Waals surface area contributed by atoms with Crippen LogP contribution < -0.4 is 5.63 Å². The van der Waals surface area contributed by atoms with Gasteiger partial charge in [-0.05, 0) is 25.5 Å². The van der Waals surface area contributed by atoms with E-state index in [1.54, 1.807) is 13.0 Å². The maximum atomic E-state index is 11.9. The van der Waals surface area contributed by atoms with Gasteiger partial charge in [0.05, 0.1) is 12.1 Å². The Morgan fingerprint density at radius 1 is 1.30 bits per heavy atom. The smallest absolute Gasteiger partial charge is 0.373 e. The van der Waals surface area contributed by atoms with Gasteiger partial charge in [-0.25, -0.2) is 9.59 Å². The number of pyridine rings is 1. The quantitative estimate of drug-likeness (QED) is 0.672. The Kier molecular flexibility index (Phi) is 2.82. The Bertz CT molecular complexity index is 873. The molecule has 3 aromatic rings. The van der Waals surface area contributed by atoms with Crippen molar-refractivity contribution < 1.29 is 14.1 Å². The number of ether oxygens (including phenoxy) is 1. The molecule has 5 heteroatoms. The minimum atomic E-state index is -0.681. The van der Waals surface area contributed by atoms with Gasteiger partial charge in [0.15, 0.2) is 5.56 Å². The summed E-state index contributed by atoms with van der Waals surface area (Å²) in [6.45, 7) is 3.82. The second kappa shape index (κ2) is 4.52. The van der Waals surface area contributed by atoms with Crippen molar-refractivity contribution in [3.05, 3.63) is 51.9 Å². The van der Waals surface area contributed by atoms with E-state index in [0.717, 1.165) is 16.5 Å². The first-order valence-electron chi connectivity index (χ1n) is 6.35. The van der Waals surface area contributed by atoms with E-state index in [-0.39, 0.29) is 12.2 Å². The van der Waals surface area contributed by atoms with E-state index in [4.69, 9.17) is 9.26 Å². The van der Waals surface area contributed by atoms with E-state index in [1.165, 1.54) is 4.57 Å². The van der Waals surface area contributed by atoms with Gasteiger partial charge in [0.1, 0.15) is 5.52 Å². The summed E-state index contributed by atoms with van der Waals surface area (Å²) in [5, 5.41) is 0.937. The predicted molar refractivity (Wildman–Crippen MR) is 74.1 cm³/mol. The molecule has 0 aliphatic heterocycles. The molecule has 0 amide bonds. The Hall–Kier alpha value is -2.56. The van der Waals surface area contributed by atoms with Crippen LogP contribution in [-0.2, 0) is 4.74 Å². The van der Waals surface area contributed by atoms with Crippen LogP contribution in [0.15, 0.2) is 39.6 Å². The zero-order chi connectivity index (χ0) is 14.3. The Labute approximate surface area is 114 Å². The molecule has 2 aromatic heterocycles. The van der Waals surface area contributed by atoms with Crippen LogP contribution in [-0.4, -0.2) is 17.1 Å². The molecule has 1 aromatic carbocycles. The van der Waals surface area contributed by atoms with Crippen molar-refractivity contribution in [2.75, 3.05) is 6.61 Å². The van der Waals surface area contributed by atoms with Gasteiger partial charge in [-0.15, -0.1) is 0 Å². The molecule has 3 rings (SSSR count). The van der Waals surface area contributed by atoms with Gasteiger partial charge < -0.3 is 9.26 Å². The molecule has 0 bridgehead atoms. The summed E-state index contributed by atoms with van der Waals surface area (Å²) in [4.78, 5) is 23.8. The molecule has 102 valence electrons. The van der Waals surface area contributed by atoms with E-state index in [9.17, 15) is 9.59 Å². The standard InChI is InChI=1S/C15H13NO4/c1-3-19-14(17)12-11-8-7-10-6-4-5-9(2)13(10)16(11)20-15(12)18/h4-8H,3H2,1-2H3. The number of fused-ring (bicyclic) bond motifs is 3. The summed E-state index contributed by atoms with van der Waals surface area (Å²) < 4.78 is 11.5. The zero-order valence-electron chi connectivity index (χ0n) is 11.2. The summed E-state index contributed by atoms with van der Waals surface area (Å²) in [7, 11) is 0. The molecular formula is C15H13NO4. The van der Waals surface area contributed by atoms with E-state index in [2.05, 4.69) is 0 Å². The summed E-state index contributed by atoms with van der Waals surface area (Å²) in [5.74, 6) is -0.656. The molecule has 5 nitrogen and oxygen atoms in total. The van der Waals surface area contributed by atoms with Gasteiger partial charge in [0, 0.05) is 5.39 Å². The van der Waals surface area contributed by atoms with E-state index < -0.39 is 11.6 Å². The van der Waals surface area contributed by atoms with Crippen LogP contribution in [0.2, 0.25) is 0 Å². The highest BCUT2D eigenvalue weighted by Crippen LogP contribution is 2.22. The average Bonchev–Trinajstić information content (AvgIpc) is 2.75. The lowest BCUT2D eigenvalue weighted by molar-refractivity contribution is 0.0525. The average molecular weight is 271 g/mol. The number of rotatable bonds is 2. The van der Waals surface area contributed by atoms with Crippen molar-refractivity contribution in [1.29, 1.82) is 0 Å². The Morgan fingerprint density at radius 3 is 2.85 bits per heavy atom. The molecule has 0 unspecified atom stereocenters. The fraction of sp³-hybridized carbons (Fsp3) is 0.200. The van der Waals surface area contributed by atoms with Gasteiger partial charge >= 0.3 is 11.6 Å². The van der Waals surface area contributed by atoms with Crippen LogP contribution in [0.4, 0.5) is 0 Å². The second-order valence-electron chi connectivity index (χ2n) is 4.50. The fourth-order valence-corrected chi connectivity index (χ4v) is 2.35. The van der Waals surface area contributed by atoms with Crippen LogP contribution >= 0.6 is 0 Å². The number of nitrogens with zero attached hydrogens (tertiary/aromatic N) is 1. The minimum absolute atomic E-state index is 0.0583. The number of para-hydroxylation sites is 1. The number of hydrogen-bond donors (Lipinski definition) is 0. The van der Waals surface area contributed by atoms with Gasteiger partial charge in [-0.1, -0.05) is 24.3 Å². The normalized spacial score (nSPS) is 11.1. The molecule has 20 heavy (non-hydrogen) atoms. The van der Waals surface area contributed by atoms with Crippen molar-refractivity contribution in [2.24, 2.45) is 0 Å². The summed E-state index contributed by atoms with van der Waals surface area (Å²) in [6, 6.07) is 9.32. The van der Waals surface area contributed by atoms with Crippen LogP contribution in [0.25, 0.3) is 16.4 Å². The topological polar surface area (TPSA) is 60.9 Å². The highest BCUT2D eigenvalue weighted by atomic mass is 16.5. The highest BCUT2D eigenvalue weighted by Gasteiger charge is 2.21. The van der Waals surface area contributed by atoms with E-state index in [1.807, 2.05) is 31.2 Å². The summed E-state index contributed by atoms with van der Waals surface area (Å²) in [6.07, 6.45) is 0. The lowest BCUT2D eigenvalue weighted by Gasteiger charge is -2.04. The molecule has 0 spiro atoms. The van der Waals surface area contributed by atoms with Gasteiger partial charge in [0.2, 0.25) is 0 Å². The predicted octanol–water partition coefficient (Wildman–Crippen LogP) is 2.53. The second-order valence-corrected chi connectivity index (χ2v) is 4.50. The van der Waals surface area contributed by atoms with Gasteiger partial charge in [-0.3, -0.25) is 0 Å². The number of benzene rings is 1. The van der Waals surface area contributed by atoms with E-state index >= 15 is 0 Å². The zero-order valence-corrected chi connectivity index (χ0v) is 11.2. The number of aromatic nitrogens is 1. The Balaban J connectivity index is 2.41. The van der Waals surface area contributed by atoms with Crippen LogP contribution in [0.3, 0.4) is 0 Å². The van der Waals surface area contributed by atoms with Gasteiger partial charge in [0.25, 0.3) is 0 Å². The first-order valence-corrected chi connectivity index (χ1v) is 6.35. The molecule has 0 aliphatic carbocycles. The maximum Gasteiger partial charge on any atom is 0.373 e. The van der Waals surface area contributed by atoms with Crippen LogP contribution in [0, 0.1) is 6.92 Å². The molecule has 0 radical (unpaired) electrons. The molecule has 0 N–H and O–H groups in total. The summed E-state index contributed by atoms with van der Waals surface area (Å²) >= 11 is 0. The first kappa shape index (κ1) is 12.5. The molecule has 0 saturated heterocycles. The maximum absolute atomic E-state index is 11.9.